The number of fused-ring (bicyclic) bond motifs is 4. The van der Waals surface area contributed by atoms with Gasteiger partial charge in [-0.25, -0.2) is 25.4 Å². The average molecular weight is 753 g/mol. The van der Waals surface area contributed by atoms with E-state index < -0.39 is 20.0 Å². The van der Waals surface area contributed by atoms with Crippen molar-refractivity contribution in [2.24, 2.45) is 0 Å². The summed E-state index contributed by atoms with van der Waals surface area (Å²) in [5, 5.41) is 20.6. The van der Waals surface area contributed by atoms with Gasteiger partial charge in [0.15, 0.2) is 0 Å². The summed E-state index contributed by atoms with van der Waals surface area (Å²) in [5.41, 5.74) is 2.41. The highest BCUT2D eigenvalue weighted by Crippen LogP contribution is 2.49. The Morgan fingerprint density at radius 3 is 1.22 bits per heavy atom. The summed E-state index contributed by atoms with van der Waals surface area (Å²) in [5.74, 6) is 0.311. The molecule has 0 atom stereocenters. The van der Waals surface area contributed by atoms with Crippen LogP contribution in [0.3, 0.4) is 0 Å². The molecule has 0 saturated carbocycles. The van der Waals surface area contributed by atoms with Crippen molar-refractivity contribution in [2.75, 3.05) is 8.61 Å². The van der Waals surface area contributed by atoms with Crippen LogP contribution >= 0.6 is 0 Å². The lowest BCUT2D eigenvalue weighted by Crippen LogP contribution is -2.32. The molecule has 1 aliphatic rings. The Bertz CT molecular complexity index is 2520. The molecule has 0 unspecified atom stereocenters. The highest BCUT2D eigenvalue weighted by Gasteiger charge is 2.38. The van der Waals surface area contributed by atoms with Crippen LogP contribution in [0, 0.1) is 36.5 Å². The van der Waals surface area contributed by atoms with Gasteiger partial charge in [-0.15, -0.1) is 0 Å². The smallest absolute Gasteiger partial charge is 0.268 e. The summed E-state index contributed by atoms with van der Waals surface area (Å²) in [6.45, 7) is 3.72. The fourth-order valence-corrected chi connectivity index (χ4v) is 9.15. The molecule has 0 bridgehead atoms. The van der Waals surface area contributed by atoms with Gasteiger partial charge < -0.3 is 9.47 Å². The lowest BCUT2D eigenvalue weighted by Gasteiger charge is -2.33. The van der Waals surface area contributed by atoms with Crippen molar-refractivity contribution in [3.8, 4) is 23.6 Å². The van der Waals surface area contributed by atoms with E-state index in [4.69, 9.17) is 9.47 Å². The second kappa shape index (κ2) is 14.4. The number of anilines is 4. The van der Waals surface area contributed by atoms with Crippen molar-refractivity contribution >= 4 is 42.8 Å². The Morgan fingerprint density at radius 2 is 0.852 bits per heavy atom. The highest BCUT2D eigenvalue weighted by atomic mass is 32.2. The molecular formula is C42H32N4O6S2. The van der Waals surface area contributed by atoms with E-state index >= 15 is 16.8 Å². The van der Waals surface area contributed by atoms with Crippen LogP contribution in [-0.4, -0.2) is 16.8 Å². The minimum atomic E-state index is -4.62. The molecule has 0 aliphatic carbocycles. The topological polar surface area (TPSA) is 141 Å². The van der Waals surface area contributed by atoms with Crippen molar-refractivity contribution in [1.82, 2.24) is 0 Å². The molecule has 0 amide bonds. The fourth-order valence-electron chi connectivity index (χ4n) is 6.14. The van der Waals surface area contributed by atoms with Gasteiger partial charge in [-0.1, -0.05) is 83.9 Å². The largest absolute Gasteiger partial charge is 0.487 e. The van der Waals surface area contributed by atoms with Gasteiger partial charge in [-0.05, 0) is 85.6 Å². The summed E-state index contributed by atoms with van der Waals surface area (Å²) in [6.07, 6.45) is 0. The molecule has 6 aromatic rings. The average Bonchev–Trinajstić information content (AvgIpc) is 3.17. The van der Waals surface area contributed by atoms with Crippen LogP contribution in [0.15, 0.2) is 143 Å². The first-order valence-corrected chi connectivity index (χ1v) is 19.6. The van der Waals surface area contributed by atoms with Gasteiger partial charge in [-0.2, -0.15) is 10.5 Å². The maximum atomic E-state index is 15.2. The van der Waals surface area contributed by atoms with Crippen LogP contribution in [0.2, 0.25) is 0 Å². The summed E-state index contributed by atoms with van der Waals surface area (Å²) in [4.78, 5) is -0.222. The molecule has 1 aliphatic heterocycles. The monoisotopic (exact) mass is 752 g/mol. The van der Waals surface area contributed by atoms with Crippen LogP contribution in [-0.2, 0) is 33.3 Å². The lowest BCUT2D eigenvalue weighted by atomic mass is 10.1. The molecule has 0 saturated heterocycles. The molecule has 0 fully saturated rings. The van der Waals surface area contributed by atoms with Crippen molar-refractivity contribution in [3.63, 3.8) is 0 Å². The number of nitrogens with zero attached hydrogens (tertiary/aromatic N) is 4. The molecule has 6 aromatic carbocycles. The predicted octanol–water partition coefficient (Wildman–Crippen LogP) is 8.57. The van der Waals surface area contributed by atoms with Crippen molar-refractivity contribution in [3.05, 3.63) is 167 Å². The summed E-state index contributed by atoms with van der Waals surface area (Å²) in [6, 6.07) is 39.3. The Labute approximate surface area is 314 Å². The van der Waals surface area contributed by atoms with Crippen molar-refractivity contribution in [1.29, 1.82) is 10.5 Å². The van der Waals surface area contributed by atoms with E-state index in [-0.39, 0.29) is 68.4 Å². The van der Waals surface area contributed by atoms with Crippen molar-refractivity contribution in [2.45, 2.75) is 36.9 Å². The molecule has 0 aromatic heterocycles. The zero-order chi connectivity index (χ0) is 38.0. The fraction of sp³-hybridized carbons (Fsp3) is 0.0952. The number of hydrogen-bond donors (Lipinski definition) is 0. The van der Waals surface area contributed by atoms with Gasteiger partial charge in [0.25, 0.3) is 20.0 Å². The van der Waals surface area contributed by atoms with E-state index in [1.54, 1.807) is 72.8 Å². The van der Waals surface area contributed by atoms with Gasteiger partial charge in [0.2, 0.25) is 0 Å². The van der Waals surface area contributed by atoms with E-state index in [1.165, 1.54) is 36.4 Å². The van der Waals surface area contributed by atoms with Crippen molar-refractivity contribution < 1.29 is 26.3 Å². The Balaban J connectivity index is 1.65. The zero-order valence-corrected chi connectivity index (χ0v) is 30.8. The number of para-hydroxylation sites is 4. The number of sulfonamides is 2. The number of nitriles is 2. The van der Waals surface area contributed by atoms with Gasteiger partial charge in [0, 0.05) is 0 Å². The van der Waals surface area contributed by atoms with Gasteiger partial charge in [0.1, 0.15) is 36.9 Å². The number of hydrogen-bond acceptors (Lipinski definition) is 8. The van der Waals surface area contributed by atoms with Crippen LogP contribution < -0.4 is 18.1 Å². The van der Waals surface area contributed by atoms with Crippen LogP contribution in [0.1, 0.15) is 33.4 Å². The van der Waals surface area contributed by atoms with E-state index in [9.17, 15) is 10.5 Å². The Kier molecular flexibility index (Phi) is 9.57. The van der Waals surface area contributed by atoms with E-state index in [1.807, 2.05) is 50.3 Å². The van der Waals surface area contributed by atoms with Crippen LogP contribution in [0.25, 0.3) is 0 Å². The Hall–Kier alpha value is -6.60. The summed E-state index contributed by atoms with van der Waals surface area (Å²) < 4.78 is 75.4. The third-order valence-electron chi connectivity index (χ3n) is 8.96. The highest BCUT2D eigenvalue weighted by molar-refractivity contribution is 7.93. The van der Waals surface area contributed by atoms with E-state index in [2.05, 4.69) is 0 Å². The molecule has 268 valence electrons. The maximum absolute atomic E-state index is 15.2. The molecular weight excluding hydrogens is 721 g/mol. The van der Waals surface area contributed by atoms with E-state index in [0.717, 1.165) is 30.9 Å². The SMILES string of the molecule is Cc1ccc(S(=O)(=O)N2c3ccccc3OCc3ccccc3COc3ccccc3N(S(=O)(=O)c3ccc(C)cc3)c3cc(C#N)c(C#N)cc32)cc1. The van der Waals surface area contributed by atoms with Gasteiger partial charge in [0.05, 0.1) is 43.7 Å². The van der Waals surface area contributed by atoms with Gasteiger partial charge in [-0.3, -0.25) is 0 Å². The number of rotatable bonds is 4. The third-order valence-corrected chi connectivity index (χ3v) is 12.4. The normalized spacial score (nSPS) is 13.0. The molecule has 1 heterocycles. The van der Waals surface area contributed by atoms with E-state index in [0.29, 0.717) is 0 Å². The number of ether oxygens (including phenoxy) is 2. The molecule has 12 heteroatoms. The lowest BCUT2D eigenvalue weighted by molar-refractivity contribution is 0.286. The number of benzene rings is 6. The minimum Gasteiger partial charge on any atom is -0.487 e. The molecule has 10 nitrogen and oxygen atoms in total. The zero-order valence-electron chi connectivity index (χ0n) is 29.2. The maximum Gasteiger partial charge on any atom is 0.268 e. The molecule has 54 heavy (non-hydrogen) atoms. The second-order valence-corrected chi connectivity index (χ2v) is 16.1. The minimum absolute atomic E-state index is 0.0359. The number of aryl methyl sites for hydroxylation is 2. The molecule has 0 N–H and O–H groups in total. The van der Waals surface area contributed by atoms with Gasteiger partial charge >= 0.3 is 0 Å². The predicted molar refractivity (Wildman–Crippen MR) is 205 cm³/mol. The van der Waals surface area contributed by atoms with Crippen LogP contribution in [0.4, 0.5) is 22.7 Å². The first-order chi connectivity index (χ1) is 26.0. The first-order valence-electron chi connectivity index (χ1n) is 16.8. The first kappa shape index (κ1) is 35.8. The standard InChI is InChI=1S/C42H32N4O6S2/c1-29-15-19-35(20-16-29)53(47,48)45-37-11-5-7-13-41(37)51-27-31-9-3-4-10-32(31)28-52-42-14-8-6-12-38(42)46(54(49,50)36-21-17-30(2)18-22-36)40-24-34(26-44)33(25-43)23-39(40)45/h3-24H,27-28H2,1-2H3. The molecule has 7 rings (SSSR count). The Morgan fingerprint density at radius 1 is 0.500 bits per heavy atom. The summed E-state index contributed by atoms with van der Waals surface area (Å²) >= 11 is 0. The summed E-state index contributed by atoms with van der Waals surface area (Å²) in [7, 11) is -9.25. The van der Waals surface area contributed by atoms with Crippen LogP contribution in [0.5, 0.6) is 11.5 Å². The molecule has 0 spiro atoms. The quantitative estimate of drug-likeness (QED) is 0.174. The third kappa shape index (κ3) is 6.61. The molecule has 0 radical (unpaired) electrons. The second-order valence-electron chi connectivity index (χ2n) is 12.6.